The number of fused-ring (bicyclic) bond motifs is 1. The number of pyridine rings is 1. The van der Waals surface area contributed by atoms with Crippen molar-refractivity contribution in [1.82, 2.24) is 10.3 Å². The first-order valence-electron chi connectivity index (χ1n) is 7.56. The van der Waals surface area contributed by atoms with Crippen molar-refractivity contribution in [1.29, 1.82) is 0 Å². The summed E-state index contributed by atoms with van der Waals surface area (Å²) in [4.78, 5) is 26.6. The summed E-state index contributed by atoms with van der Waals surface area (Å²) in [7, 11) is 0. The Bertz CT molecular complexity index is 756. The van der Waals surface area contributed by atoms with Crippen LogP contribution in [-0.2, 0) is 11.2 Å². The third-order valence-corrected chi connectivity index (χ3v) is 3.67. The molecule has 0 atom stereocenters. The maximum Gasteiger partial charge on any atom is 0.322 e. The fraction of sp³-hybridized carbons (Fsp3) is 0.353. The molecule has 6 heteroatoms. The molecule has 6 nitrogen and oxygen atoms in total. The van der Waals surface area contributed by atoms with Crippen LogP contribution in [0.15, 0.2) is 18.2 Å². The fourth-order valence-electron chi connectivity index (χ4n) is 2.44. The molecule has 122 valence electrons. The summed E-state index contributed by atoms with van der Waals surface area (Å²) >= 11 is 0. The summed E-state index contributed by atoms with van der Waals surface area (Å²) in [5, 5.41) is 22.5. The lowest BCUT2D eigenvalue weighted by atomic mass is 10.0. The van der Waals surface area contributed by atoms with Crippen LogP contribution < -0.4 is 5.32 Å². The van der Waals surface area contributed by atoms with Crippen molar-refractivity contribution in [3.63, 3.8) is 0 Å². The molecule has 0 unspecified atom stereocenters. The van der Waals surface area contributed by atoms with E-state index in [0.29, 0.717) is 11.1 Å². The van der Waals surface area contributed by atoms with Crippen molar-refractivity contribution in [2.24, 2.45) is 0 Å². The Kier molecular flexibility index (Phi) is 5.16. The number of aromatic nitrogens is 1. The molecule has 0 aliphatic carbocycles. The minimum absolute atomic E-state index is 0.155. The first-order valence-corrected chi connectivity index (χ1v) is 7.56. The number of carbonyl (C=O) groups excluding carboxylic acids is 1. The lowest BCUT2D eigenvalue weighted by Crippen LogP contribution is -2.30. The number of aliphatic carboxylic acids is 1. The maximum atomic E-state index is 12.0. The van der Waals surface area contributed by atoms with Crippen LogP contribution in [0.3, 0.4) is 0 Å². The summed E-state index contributed by atoms with van der Waals surface area (Å²) < 4.78 is 0. The van der Waals surface area contributed by atoms with E-state index in [1.54, 1.807) is 13.0 Å². The lowest BCUT2D eigenvalue weighted by molar-refractivity contribution is -0.135. The summed E-state index contributed by atoms with van der Waals surface area (Å²) in [6, 6.07) is 5.68. The molecule has 0 spiro atoms. The molecule has 3 N–H and O–H groups in total. The molecule has 1 heterocycles. The van der Waals surface area contributed by atoms with Gasteiger partial charge in [0.2, 0.25) is 0 Å². The number of carbonyl (C=O) groups is 2. The third kappa shape index (κ3) is 3.77. The molecule has 0 bridgehead atoms. The van der Waals surface area contributed by atoms with E-state index in [9.17, 15) is 14.7 Å². The molecule has 23 heavy (non-hydrogen) atoms. The quantitative estimate of drug-likeness (QED) is 0.760. The number of rotatable bonds is 6. The maximum absolute atomic E-state index is 12.0. The Morgan fingerprint density at radius 3 is 2.65 bits per heavy atom. The Morgan fingerprint density at radius 2 is 2.00 bits per heavy atom. The molecular weight excluding hydrogens is 296 g/mol. The lowest BCUT2D eigenvalue weighted by Gasteiger charge is -2.11. The van der Waals surface area contributed by atoms with E-state index in [2.05, 4.69) is 17.2 Å². The molecule has 1 amide bonds. The topological polar surface area (TPSA) is 99.5 Å². The molecule has 0 aliphatic rings. The number of amides is 1. The first kappa shape index (κ1) is 16.7. The van der Waals surface area contributed by atoms with Crippen molar-refractivity contribution >= 4 is 22.6 Å². The number of hydrogen-bond acceptors (Lipinski definition) is 4. The van der Waals surface area contributed by atoms with Gasteiger partial charge in [-0.3, -0.25) is 9.59 Å². The number of unbranched alkanes of at least 4 members (excludes halogenated alkanes) is 1. The minimum atomic E-state index is -1.16. The highest BCUT2D eigenvalue weighted by molar-refractivity contribution is 6.03. The fourth-order valence-corrected chi connectivity index (χ4v) is 2.44. The first-order chi connectivity index (χ1) is 10.9. The normalized spacial score (nSPS) is 10.7. The van der Waals surface area contributed by atoms with E-state index in [1.165, 1.54) is 0 Å². The van der Waals surface area contributed by atoms with E-state index in [0.717, 1.165) is 30.2 Å². The highest BCUT2D eigenvalue weighted by atomic mass is 16.4. The Morgan fingerprint density at radius 1 is 1.26 bits per heavy atom. The average molecular weight is 316 g/mol. The zero-order valence-corrected chi connectivity index (χ0v) is 13.2. The van der Waals surface area contributed by atoms with Crippen molar-refractivity contribution < 1.29 is 19.8 Å². The molecule has 1 aromatic carbocycles. The second-order valence-corrected chi connectivity index (χ2v) is 5.45. The highest BCUT2D eigenvalue weighted by Crippen LogP contribution is 2.30. The Balaban J connectivity index is 2.41. The van der Waals surface area contributed by atoms with Gasteiger partial charge in [-0.15, -0.1) is 0 Å². The van der Waals surface area contributed by atoms with Gasteiger partial charge < -0.3 is 15.5 Å². The molecule has 0 radical (unpaired) electrons. The van der Waals surface area contributed by atoms with Gasteiger partial charge in [-0.2, -0.15) is 0 Å². The van der Waals surface area contributed by atoms with Crippen LogP contribution in [0.2, 0.25) is 0 Å². The van der Waals surface area contributed by atoms with Gasteiger partial charge >= 0.3 is 5.97 Å². The standard InChI is InChI=1S/C17H20N2O4/c1-3-4-5-11-6-7-12-13(8-11)10(2)19-15(16(12)22)17(23)18-9-14(20)21/h6-8,22H,3-5,9H2,1-2H3,(H,18,23)(H,20,21). The zero-order chi connectivity index (χ0) is 17.0. The second-order valence-electron chi connectivity index (χ2n) is 5.45. The zero-order valence-electron chi connectivity index (χ0n) is 13.2. The molecule has 0 saturated carbocycles. The van der Waals surface area contributed by atoms with Crippen LogP contribution in [0, 0.1) is 6.92 Å². The SMILES string of the molecule is CCCCc1ccc2c(O)c(C(=O)NCC(=O)O)nc(C)c2c1. The van der Waals surface area contributed by atoms with E-state index in [4.69, 9.17) is 5.11 Å². The van der Waals surface area contributed by atoms with Crippen molar-refractivity contribution in [3.05, 3.63) is 35.2 Å². The molecule has 0 saturated heterocycles. The molecule has 0 aliphatic heterocycles. The number of benzene rings is 1. The number of carboxylic acid groups (broad SMARTS) is 1. The Hall–Kier alpha value is -2.63. The molecule has 2 aromatic rings. The number of aromatic hydroxyl groups is 1. The highest BCUT2D eigenvalue weighted by Gasteiger charge is 2.18. The molecular formula is C17H20N2O4. The van der Waals surface area contributed by atoms with Gasteiger partial charge in [-0.1, -0.05) is 25.5 Å². The van der Waals surface area contributed by atoms with E-state index >= 15 is 0 Å². The van der Waals surface area contributed by atoms with Gasteiger partial charge in [0.05, 0.1) is 0 Å². The smallest absolute Gasteiger partial charge is 0.322 e. The second kappa shape index (κ2) is 7.09. The minimum Gasteiger partial charge on any atom is -0.505 e. The van der Waals surface area contributed by atoms with E-state index in [1.807, 2.05) is 12.1 Å². The van der Waals surface area contributed by atoms with Gasteiger partial charge in [-0.25, -0.2) is 4.98 Å². The summed E-state index contributed by atoms with van der Waals surface area (Å²) in [6.07, 6.45) is 3.14. The van der Waals surface area contributed by atoms with Gasteiger partial charge in [0.15, 0.2) is 11.4 Å². The van der Waals surface area contributed by atoms with Crippen LogP contribution in [0.25, 0.3) is 10.8 Å². The van der Waals surface area contributed by atoms with Crippen LogP contribution in [0.4, 0.5) is 0 Å². The van der Waals surface area contributed by atoms with Crippen LogP contribution >= 0.6 is 0 Å². The number of aryl methyl sites for hydroxylation is 2. The van der Waals surface area contributed by atoms with Crippen LogP contribution in [-0.4, -0.2) is 33.6 Å². The number of carboxylic acids is 1. The van der Waals surface area contributed by atoms with Gasteiger partial charge in [0, 0.05) is 16.5 Å². The van der Waals surface area contributed by atoms with E-state index < -0.39 is 18.4 Å². The molecule has 0 fully saturated rings. The largest absolute Gasteiger partial charge is 0.505 e. The molecule has 2 rings (SSSR count). The van der Waals surface area contributed by atoms with Crippen LogP contribution in [0.1, 0.15) is 41.5 Å². The van der Waals surface area contributed by atoms with Gasteiger partial charge in [0.25, 0.3) is 5.91 Å². The van der Waals surface area contributed by atoms with Crippen molar-refractivity contribution in [2.75, 3.05) is 6.54 Å². The van der Waals surface area contributed by atoms with Crippen molar-refractivity contribution in [3.8, 4) is 5.75 Å². The number of nitrogens with zero attached hydrogens (tertiary/aromatic N) is 1. The number of nitrogens with one attached hydrogen (secondary N) is 1. The van der Waals surface area contributed by atoms with Gasteiger partial charge in [-0.05, 0) is 31.4 Å². The Labute approximate surface area is 134 Å². The molecule has 1 aromatic heterocycles. The van der Waals surface area contributed by atoms with Crippen molar-refractivity contribution in [2.45, 2.75) is 33.1 Å². The summed E-state index contributed by atoms with van der Waals surface area (Å²) in [5.74, 6) is -2.09. The average Bonchev–Trinajstić information content (AvgIpc) is 2.53. The van der Waals surface area contributed by atoms with E-state index in [-0.39, 0.29) is 11.4 Å². The van der Waals surface area contributed by atoms with Gasteiger partial charge in [0.1, 0.15) is 6.54 Å². The number of hydrogen-bond donors (Lipinski definition) is 3. The summed E-state index contributed by atoms with van der Waals surface area (Å²) in [6.45, 7) is 3.37. The predicted octanol–water partition coefficient (Wildman–Crippen LogP) is 2.41. The third-order valence-electron chi connectivity index (χ3n) is 3.67. The predicted molar refractivity (Wildman–Crippen MR) is 86.7 cm³/mol. The monoisotopic (exact) mass is 316 g/mol. The summed E-state index contributed by atoms with van der Waals surface area (Å²) in [5.41, 5.74) is 1.63. The van der Waals surface area contributed by atoms with Crippen LogP contribution in [0.5, 0.6) is 5.75 Å².